The topological polar surface area (TPSA) is 35.5 Å². The van der Waals surface area contributed by atoms with Crippen LogP contribution in [0.5, 0.6) is 5.75 Å². The summed E-state index contributed by atoms with van der Waals surface area (Å²) in [6, 6.07) is 4.05. The molecule has 1 aromatic rings. The maximum Gasteiger partial charge on any atom is 0.165 e. The number of carbonyl (C=O) groups is 1. The van der Waals surface area contributed by atoms with Crippen LogP contribution in [0.25, 0.3) is 0 Å². The molecule has 4 heteroatoms. The smallest absolute Gasteiger partial charge is 0.165 e. The highest BCUT2D eigenvalue weighted by molar-refractivity contribution is 5.94. The molecule has 0 saturated carbocycles. The molecule has 1 aromatic carbocycles. The maximum atomic E-state index is 13.2. The molecule has 0 heterocycles. The predicted molar refractivity (Wildman–Crippen MR) is 53.8 cm³/mol. The minimum atomic E-state index is -0.476. The van der Waals surface area contributed by atoms with E-state index in [0.717, 1.165) is 0 Å². The first-order valence-corrected chi connectivity index (χ1v) is 4.57. The first kappa shape index (κ1) is 11.7. The summed E-state index contributed by atoms with van der Waals surface area (Å²) < 4.78 is 23.1. The van der Waals surface area contributed by atoms with Crippen molar-refractivity contribution in [2.75, 3.05) is 20.3 Å². The number of rotatable bonds is 5. The van der Waals surface area contributed by atoms with Crippen LogP contribution in [0, 0.1) is 5.82 Å². The molecule has 0 saturated heterocycles. The Kier molecular flexibility index (Phi) is 4.24. The van der Waals surface area contributed by atoms with Gasteiger partial charge in [-0.3, -0.25) is 4.79 Å². The molecule has 0 aliphatic carbocycles. The van der Waals surface area contributed by atoms with Gasteiger partial charge in [0.15, 0.2) is 17.3 Å². The summed E-state index contributed by atoms with van der Waals surface area (Å²) in [5.74, 6) is -0.512. The summed E-state index contributed by atoms with van der Waals surface area (Å²) in [6.45, 7) is 2.06. The zero-order valence-electron chi connectivity index (χ0n) is 8.75. The van der Waals surface area contributed by atoms with Crippen molar-refractivity contribution in [3.05, 3.63) is 29.6 Å². The van der Waals surface area contributed by atoms with Crippen molar-refractivity contribution in [2.24, 2.45) is 0 Å². The van der Waals surface area contributed by atoms with E-state index in [1.807, 2.05) is 0 Å². The number of ketones is 1. The van der Waals surface area contributed by atoms with Gasteiger partial charge in [0.2, 0.25) is 0 Å². The highest BCUT2D eigenvalue weighted by Crippen LogP contribution is 2.18. The third kappa shape index (κ3) is 3.32. The monoisotopic (exact) mass is 212 g/mol. The second-order valence-corrected chi connectivity index (χ2v) is 3.04. The van der Waals surface area contributed by atoms with Crippen molar-refractivity contribution >= 4 is 5.78 Å². The van der Waals surface area contributed by atoms with Gasteiger partial charge in [0, 0.05) is 12.7 Å². The average Bonchev–Trinajstić information content (AvgIpc) is 2.20. The summed E-state index contributed by atoms with van der Waals surface area (Å²) in [6.07, 6.45) is 0. The van der Waals surface area contributed by atoms with Crippen molar-refractivity contribution in [1.29, 1.82) is 0 Å². The van der Waals surface area contributed by atoms with Crippen LogP contribution in [0.15, 0.2) is 18.2 Å². The first-order valence-electron chi connectivity index (χ1n) is 4.57. The molecular formula is C11H13FO3. The standard InChI is InChI=1S/C11H13FO3/c1-8(13)9-3-4-10(12)11(7-9)15-6-5-14-2/h3-4,7H,5-6H2,1-2H3. The predicted octanol–water partition coefficient (Wildman–Crippen LogP) is 2.05. The van der Waals surface area contributed by atoms with Gasteiger partial charge in [-0.05, 0) is 25.1 Å². The molecule has 82 valence electrons. The molecule has 0 atom stereocenters. The normalized spacial score (nSPS) is 10.1. The Balaban J connectivity index is 2.76. The number of methoxy groups -OCH3 is 1. The fraction of sp³-hybridized carbons (Fsp3) is 0.364. The fourth-order valence-corrected chi connectivity index (χ4v) is 1.07. The Hall–Kier alpha value is -1.42. The third-order valence-electron chi connectivity index (χ3n) is 1.88. The number of carbonyl (C=O) groups excluding carboxylic acids is 1. The molecule has 0 radical (unpaired) electrons. The lowest BCUT2D eigenvalue weighted by molar-refractivity contribution is 0.101. The highest BCUT2D eigenvalue weighted by Gasteiger charge is 2.07. The van der Waals surface area contributed by atoms with Gasteiger partial charge in [-0.15, -0.1) is 0 Å². The zero-order valence-corrected chi connectivity index (χ0v) is 8.75. The number of benzene rings is 1. The Labute approximate surface area is 87.8 Å². The molecule has 0 aliphatic rings. The van der Waals surface area contributed by atoms with Crippen LogP contribution in [0.2, 0.25) is 0 Å². The molecule has 0 aromatic heterocycles. The van der Waals surface area contributed by atoms with E-state index in [0.29, 0.717) is 12.2 Å². The lowest BCUT2D eigenvalue weighted by Crippen LogP contribution is -2.06. The lowest BCUT2D eigenvalue weighted by atomic mass is 10.1. The molecule has 0 bridgehead atoms. The van der Waals surface area contributed by atoms with Gasteiger partial charge in [0.25, 0.3) is 0 Å². The first-order chi connectivity index (χ1) is 7.15. The van der Waals surface area contributed by atoms with Crippen LogP contribution < -0.4 is 4.74 Å². The van der Waals surface area contributed by atoms with E-state index in [-0.39, 0.29) is 18.1 Å². The molecular weight excluding hydrogens is 199 g/mol. The van der Waals surface area contributed by atoms with Gasteiger partial charge in [-0.1, -0.05) is 0 Å². The fourth-order valence-electron chi connectivity index (χ4n) is 1.07. The van der Waals surface area contributed by atoms with Crippen LogP contribution in [-0.2, 0) is 4.74 Å². The minimum Gasteiger partial charge on any atom is -0.488 e. The number of hydrogen-bond acceptors (Lipinski definition) is 3. The SMILES string of the molecule is COCCOc1cc(C(C)=O)ccc1F. The zero-order chi connectivity index (χ0) is 11.3. The van der Waals surface area contributed by atoms with Crippen LogP contribution >= 0.6 is 0 Å². The Morgan fingerprint density at radius 3 is 2.73 bits per heavy atom. The van der Waals surface area contributed by atoms with E-state index < -0.39 is 5.82 Å². The summed E-state index contributed by atoms with van der Waals surface area (Å²) >= 11 is 0. The van der Waals surface area contributed by atoms with Crippen molar-refractivity contribution in [3.63, 3.8) is 0 Å². The molecule has 1 rings (SSSR count). The van der Waals surface area contributed by atoms with Crippen molar-refractivity contribution in [3.8, 4) is 5.75 Å². The van der Waals surface area contributed by atoms with E-state index in [4.69, 9.17) is 9.47 Å². The van der Waals surface area contributed by atoms with Gasteiger partial charge in [0.1, 0.15) is 6.61 Å². The molecule has 0 fully saturated rings. The van der Waals surface area contributed by atoms with Gasteiger partial charge in [-0.25, -0.2) is 4.39 Å². The number of halogens is 1. The summed E-state index contributed by atoms with van der Waals surface area (Å²) in [5, 5.41) is 0. The molecule has 0 amide bonds. The Morgan fingerprint density at radius 2 is 2.13 bits per heavy atom. The van der Waals surface area contributed by atoms with Crippen molar-refractivity contribution in [1.82, 2.24) is 0 Å². The van der Waals surface area contributed by atoms with E-state index in [1.54, 1.807) is 0 Å². The van der Waals surface area contributed by atoms with Crippen molar-refractivity contribution < 1.29 is 18.7 Å². The minimum absolute atomic E-state index is 0.0831. The largest absolute Gasteiger partial charge is 0.488 e. The number of hydrogen-bond donors (Lipinski definition) is 0. The molecule has 0 unspecified atom stereocenters. The highest BCUT2D eigenvalue weighted by atomic mass is 19.1. The van der Waals surface area contributed by atoms with E-state index in [1.165, 1.54) is 32.2 Å². The Bertz CT molecular complexity index is 350. The lowest BCUT2D eigenvalue weighted by Gasteiger charge is -2.07. The van der Waals surface area contributed by atoms with Gasteiger partial charge >= 0.3 is 0 Å². The van der Waals surface area contributed by atoms with E-state index >= 15 is 0 Å². The molecule has 3 nitrogen and oxygen atoms in total. The second-order valence-electron chi connectivity index (χ2n) is 3.04. The van der Waals surface area contributed by atoms with Crippen LogP contribution in [0.3, 0.4) is 0 Å². The summed E-state index contributed by atoms with van der Waals surface area (Å²) in [4.78, 5) is 11.0. The quantitative estimate of drug-likeness (QED) is 0.553. The van der Waals surface area contributed by atoms with Crippen molar-refractivity contribution in [2.45, 2.75) is 6.92 Å². The van der Waals surface area contributed by atoms with Crippen LogP contribution in [-0.4, -0.2) is 26.1 Å². The summed E-state index contributed by atoms with van der Waals surface area (Å²) in [5.41, 5.74) is 0.434. The summed E-state index contributed by atoms with van der Waals surface area (Å²) in [7, 11) is 1.53. The van der Waals surface area contributed by atoms with Crippen LogP contribution in [0.4, 0.5) is 4.39 Å². The molecule has 0 aliphatic heterocycles. The van der Waals surface area contributed by atoms with Gasteiger partial charge in [-0.2, -0.15) is 0 Å². The third-order valence-corrected chi connectivity index (χ3v) is 1.88. The maximum absolute atomic E-state index is 13.2. The number of Topliss-reactive ketones (excluding diaryl/α,β-unsaturated/α-hetero) is 1. The van der Waals surface area contributed by atoms with Gasteiger partial charge in [0.05, 0.1) is 6.61 Å². The van der Waals surface area contributed by atoms with E-state index in [2.05, 4.69) is 0 Å². The number of ether oxygens (including phenoxy) is 2. The van der Waals surface area contributed by atoms with Gasteiger partial charge < -0.3 is 9.47 Å². The average molecular weight is 212 g/mol. The molecule has 0 N–H and O–H groups in total. The van der Waals surface area contributed by atoms with E-state index in [9.17, 15) is 9.18 Å². The van der Waals surface area contributed by atoms with Crippen LogP contribution in [0.1, 0.15) is 17.3 Å². The molecule has 0 spiro atoms. The molecule has 15 heavy (non-hydrogen) atoms. The second kappa shape index (κ2) is 5.46. The Morgan fingerprint density at radius 1 is 1.40 bits per heavy atom.